The van der Waals surface area contributed by atoms with E-state index in [0.29, 0.717) is 0 Å². The van der Waals surface area contributed by atoms with Crippen molar-refractivity contribution in [2.75, 3.05) is 0 Å². The second-order valence-corrected chi connectivity index (χ2v) is 3.43. The molecule has 0 aromatic rings. The van der Waals surface area contributed by atoms with Gasteiger partial charge in [-0.2, -0.15) is 17.6 Å². The van der Waals surface area contributed by atoms with Gasteiger partial charge in [0.1, 0.15) is 0 Å². The highest BCUT2D eigenvalue weighted by molar-refractivity contribution is 5.12. The third-order valence-corrected chi connectivity index (χ3v) is 2.66. The summed E-state index contributed by atoms with van der Waals surface area (Å²) in [6.45, 7) is 1.66. The third-order valence-electron chi connectivity index (χ3n) is 2.66. The summed E-state index contributed by atoms with van der Waals surface area (Å²) in [5.74, 6) is -8.83. The van der Waals surface area contributed by atoms with E-state index in [2.05, 4.69) is 4.74 Å². The average Bonchev–Trinajstić information content (AvgIpc) is 2.23. The molecule has 1 heterocycles. The van der Waals surface area contributed by atoms with Crippen molar-refractivity contribution in [1.29, 1.82) is 0 Å². The van der Waals surface area contributed by atoms with Gasteiger partial charge >= 0.3 is 12.0 Å². The molecule has 0 spiro atoms. The van der Waals surface area contributed by atoms with Crippen molar-refractivity contribution in [3.8, 4) is 0 Å². The van der Waals surface area contributed by atoms with Crippen LogP contribution in [0.2, 0.25) is 0 Å². The fourth-order valence-electron chi connectivity index (χ4n) is 1.55. The van der Waals surface area contributed by atoms with Crippen LogP contribution in [0.4, 0.5) is 26.3 Å². The normalized spacial score (nSPS) is 43.2. The zero-order valence-electron chi connectivity index (χ0n) is 8.09. The fourth-order valence-corrected chi connectivity index (χ4v) is 1.55. The monoisotopic (exact) mass is 236 g/mol. The number of alkyl halides is 6. The summed E-state index contributed by atoms with van der Waals surface area (Å²) < 4.78 is 82.1. The summed E-state index contributed by atoms with van der Waals surface area (Å²) in [5, 5.41) is 0. The van der Waals surface area contributed by atoms with Crippen LogP contribution in [-0.2, 0) is 4.74 Å². The van der Waals surface area contributed by atoms with Crippen LogP contribution in [0.5, 0.6) is 0 Å². The lowest BCUT2D eigenvalue weighted by Gasteiger charge is -2.29. The van der Waals surface area contributed by atoms with E-state index in [-0.39, 0.29) is 0 Å². The number of halogens is 6. The minimum Gasteiger partial charge on any atom is -0.274 e. The molecule has 15 heavy (non-hydrogen) atoms. The Morgan fingerprint density at radius 1 is 0.867 bits per heavy atom. The molecule has 0 aliphatic carbocycles. The van der Waals surface area contributed by atoms with Crippen LogP contribution < -0.4 is 0 Å². The fraction of sp³-hybridized carbons (Fsp3) is 1.00. The molecule has 1 aliphatic heterocycles. The Labute approximate surface area is 82.4 Å². The first-order chi connectivity index (χ1) is 6.58. The second-order valence-electron chi connectivity index (χ2n) is 3.43. The molecular weight excluding hydrogens is 226 g/mol. The van der Waals surface area contributed by atoms with Crippen molar-refractivity contribution in [2.24, 2.45) is 0 Å². The van der Waals surface area contributed by atoms with Crippen LogP contribution in [0.3, 0.4) is 0 Å². The molecule has 90 valence electrons. The first-order valence-corrected chi connectivity index (χ1v) is 4.41. The highest BCUT2D eigenvalue weighted by atomic mass is 19.3. The van der Waals surface area contributed by atoms with Gasteiger partial charge in [-0.15, -0.1) is 0 Å². The first-order valence-electron chi connectivity index (χ1n) is 4.41. The molecule has 1 aliphatic rings. The molecule has 0 aromatic carbocycles. The number of hydrogen-bond acceptors (Lipinski definition) is 1. The SMILES string of the molecule is CCC1(F)OC(F)(F)C(F)(CC)C1(F)F. The van der Waals surface area contributed by atoms with E-state index in [4.69, 9.17) is 0 Å². The minimum atomic E-state index is -4.87. The Morgan fingerprint density at radius 2 is 1.33 bits per heavy atom. The van der Waals surface area contributed by atoms with Crippen molar-refractivity contribution in [2.45, 2.75) is 50.2 Å². The molecule has 0 saturated carbocycles. The number of hydrogen-bond donors (Lipinski definition) is 0. The van der Waals surface area contributed by atoms with E-state index in [9.17, 15) is 26.3 Å². The Morgan fingerprint density at radius 3 is 1.53 bits per heavy atom. The maximum absolute atomic E-state index is 13.4. The van der Waals surface area contributed by atoms with E-state index >= 15 is 0 Å². The van der Waals surface area contributed by atoms with Gasteiger partial charge < -0.3 is 0 Å². The van der Waals surface area contributed by atoms with E-state index in [1.165, 1.54) is 0 Å². The van der Waals surface area contributed by atoms with E-state index in [1.54, 1.807) is 0 Å². The lowest BCUT2D eigenvalue weighted by Crippen LogP contribution is -2.54. The van der Waals surface area contributed by atoms with Crippen LogP contribution in [0.25, 0.3) is 0 Å². The topological polar surface area (TPSA) is 9.23 Å². The van der Waals surface area contributed by atoms with Crippen molar-refractivity contribution in [3.05, 3.63) is 0 Å². The molecule has 2 atom stereocenters. The maximum atomic E-state index is 13.4. The molecule has 0 N–H and O–H groups in total. The molecule has 1 saturated heterocycles. The van der Waals surface area contributed by atoms with Crippen LogP contribution in [0.1, 0.15) is 26.7 Å². The van der Waals surface area contributed by atoms with E-state index in [1.807, 2.05) is 0 Å². The van der Waals surface area contributed by atoms with Crippen molar-refractivity contribution >= 4 is 0 Å². The third kappa shape index (κ3) is 1.21. The zero-order valence-corrected chi connectivity index (χ0v) is 8.09. The van der Waals surface area contributed by atoms with Gasteiger partial charge in [-0.25, -0.2) is 8.78 Å². The van der Waals surface area contributed by atoms with Crippen molar-refractivity contribution in [1.82, 2.24) is 0 Å². The summed E-state index contributed by atoms with van der Waals surface area (Å²) in [4.78, 5) is 0. The molecule has 1 rings (SSSR count). The van der Waals surface area contributed by atoms with Gasteiger partial charge in [-0.1, -0.05) is 13.8 Å². The highest BCUT2D eigenvalue weighted by Gasteiger charge is 2.86. The predicted molar refractivity (Wildman–Crippen MR) is 39.2 cm³/mol. The summed E-state index contributed by atoms with van der Waals surface area (Å²) in [6.07, 6.45) is -7.12. The Bertz CT molecular complexity index is 268. The van der Waals surface area contributed by atoms with Gasteiger partial charge in [0.15, 0.2) is 0 Å². The van der Waals surface area contributed by atoms with Crippen LogP contribution in [-0.4, -0.2) is 23.6 Å². The average molecular weight is 236 g/mol. The largest absolute Gasteiger partial charge is 0.398 e. The van der Waals surface area contributed by atoms with E-state index in [0.717, 1.165) is 13.8 Å². The molecule has 0 amide bonds. The minimum absolute atomic E-state index is 0.784. The Hall–Kier alpha value is -0.460. The highest BCUT2D eigenvalue weighted by Crippen LogP contribution is 2.61. The molecule has 2 unspecified atom stereocenters. The predicted octanol–water partition coefficient (Wildman–Crippen LogP) is 3.44. The van der Waals surface area contributed by atoms with Gasteiger partial charge in [-0.3, -0.25) is 4.74 Å². The lowest BCUT2D eigenvalue weighted by molar-refractivity contribution is -0.318. The van der Waals surface area contributed by atoms with Gasteiger partial charge in [0, 0.05) is 6.42 Å². The quantitative estimate of drug-likeness (QED) is 0.667. The zero-order chi connectivity index (χ0) is 12.1. The van der Waals surface area contributed by atoms with Gasteiger partial charge in [-0.05, 0) is 6.42 Å². The summed E-state index contributed by atoms with van der Waals surface area (Å²) in [6, 6.07) is 0. The van der Waals surface area contributed by atoms with Gasteiger partial charge in [0.2, 0.25) is 0 Å². The number of ether oxygens (including phenoxy) is 1. The van der Waals surface area contributed by atoms with Crippen molar-refractivity contribution < 1.29 is 31.1 Å². The Balaban J connectivity index is 3.30. The van der Waals surface area contributed by atoms with Crippen LogP contribution >= 0.6 is 0 Å². The molecule has 0 bridgehead atoms. The Kier molecular flexibility index (Phi) is 2.54. The summed E-state index contributed by atoms with van der Waals surface area (Å²) in [5.41, 5.74) is -4.30. The van der Waals surface area contributed by atoms with E-state index < -0.39 is 36.4 Å². The second kappa shape index (κ2) is 3.02. The molecular formula is C8H10F6O. The summed E-state index contributed by atoms with van der Waals surface area (Å²) in [7, 11) is 0. The number of rotatable bonds is 2. The van der Waals surface area contributed by atoms with Crippen molar-refractivity contribution in [3.63, 3.8) is 0 Å². The molecule has 0 aromatic heterocycles. The van der Waals surface area contributed by atoms with Gasteiger partial charge in [0.25, 0.3) is 11.5 Å². The maximum Gasteiger partial charge on any atom is 0.398 e. The standard InChI is InChI=1S/C8H10F6O/c1-3-5(9)7(11,12)6(10,4-2)15-8(5,13)14/h3-4H2,1-2H3. The first kappa shape index (κ1) is 12.6. The van der Waals surface area contributed by atoms with Crippen LogP contribution in [0, 0.1) is 0 Å². The smallest absolute Gasteiger partial charge is 0.274 e. The summed E-state index contributed by atoms with van der Waals surface area (Å²) >= 11 is 0. The molecule has 1 fully saturated rings. The molecule has 7 heteroatoms. The molecule has 0 radical (unpaired) electrons. The van der Waals surface area contributed by atoms with Gasteiger partial charge in [0.05, 0.1) is 0 Å². The lowest BCUT2D eigenvalue weighted by atomic mass is 9.90. The van der Waals surface area contributed by atoms with Crippen LogP contribution in [0.15, 0.2) is 0 Å². The molecule has 1 nitrogen and oxygen atoms in total.